The van der Waals surface area contributed by atoms with E-state index in [4.69, 9.17) is 5.73 Å². The van der Waals surface area contributed by atoms with E-state index in [9.17, 15) is 13.0 Å². The van der Waals surface area contributed by atoms with Gasteiger partial charge in [0, 0.05) is 10.8 Å². The topological polar surface area (TPSA) is 118 Å². The van der Waals surface area contributed by atoms with E-state index in [0.717, 1.165) is 10.6 Å². The molecule has 0 saturated carbocycles. The van der Waals surface area contributed by atoms with Gasteiger partial charge in [-0.2, -0.15) is 8.42 Å². The number of nitrogens with two attached hydrogens (primary N) is 1. The Morgan fingerprint density at radius 1 is 1.00 bits per heavy atom. The number of benzene rings is 2. The van der Waals surface area contributed by atoms with Crippen LogP contribution in [0.15, 0.2) is 81.3 Å². The van der Waals surface area contributed by atoms with Crippen LogP contribution in [0.1, 0.15) is 0 Å². The van der Waals surface area contributed by atoms with Crippen LogP contribution >= 0.6 is 11.3 Å². The zero-order valence-electron chi connectivity index (χ0n) is 14.4. The predicted octanol–water partition coefficient (Wildman–Crippen LogP) is 4.56. The van der Waals surface area contributed by atoms with Gasteiger partial charge in [-0.1, -0.05) is 30.3 Å². The van der Waals surface area contributed by atoms with Crippen LogP contribution in [0.2, 0.25) is 0 Å². The fraction of sp³-hybridized carbons (Fsp3) is 0. The quantitative estimate of drug-likeness (QED) is 0.211. The zero-order valence-corrected chi connectivity index (χ0v) is 16.0. The van der Waals surface area contributed by atoms with Gasteiger partial charge >= 0.3 is 29.6 Å². The molecule has 0 unspecified atom stereocenters. The van der Waals surface area contributed by atoms with Gasteiger partial charge in [-0.15, -0.1) is 21.6 Å². The van der Waals surface area contributed by atoms with Gasteiger partial charge in [-0.3, -0.25) is 9.54 Å². The molecule has 2 aromatic heterocycles. The Hall–Kier alpha value is -2.14. The summed E-state index contributed by atoms with van der Waals surface area (Å²) < 4.78 is 33.1. The number of aromatic nitrogens is 1. The van der Waals surface area contributed by atoms with Crippen LogP contribution in [0.4, 0.5) is 17.1 Å². The number of nitrogen functional groups attached to an aromatic ring is 1. The van der Waals surface area contributed by atoms with E-state index in [1.807, 2.05) is 23.6 Å². The van der Waals surface area contributed by atoms with Gasteiger partial charge in [-0.25, -0.2) is 0 Å². The molecule has 7 nitrogen and oxygen atoms in total. The molecule has 0 fully saturated rings. The number of rotatable bonds is 4. The van der Waals surface area contributed by atoms with Gasteiger partial charge in [0.25, 0.3) is 10.1 Å². The standard InChI is InChI=1S/C19H14N4O3S2.Na.H/c20-19-14-5-2-1-4-13(14)18(28(24,25)26)10-16(19)23-22-12-7-8-15(21-11-12)17-6-3-9-27-17;;/h1-11H,20H2,(H,24,25,26);;. The van der Waals surface area contributed by atoms with Crippen molar-refractivity contribution in [2.24, 2.45) is 10.2 Å². The van der Waals surface area contributed by atoms with Crippen LogP contribution in [0.25, 0.3) is 21.3 Å². The Morgan fingerprint density at radius 2 is 1.76 bits per heavy atom. The number of pyridine rings is 1. The summed E-state index contributed by atoms with van der Waals surface area (Å²) in [6, 6.07) is 15.3. The average molecular weight is 434 g/mol. The number of anilines is 1. The van der Waals surface area contributed by atoms with Crippen molar-refractivity contribution in [2.45, 2.75) is 4.90 Å². The van der Waals surface area contributed by atoms with Crippen LogP contribution < -0.4 is 5.73 Å². The van der Waals surface area contributed by atoms with Crippen molar-refractivity contribution in [1.29, 1.82) is 0 Å². The summed E-state index contributed by atoms with van der Waals surface area (Å²) in [6.07, 6.45) is 1.57. The van der Waals surface area contributed by atoms with Crippen molar-refractivity contribution < 1.29 is 13.0 Å². The molecule has 2 aromatic carbocycles. The van der Waals surface area contributed by atoms with Gasteiger partial charge in [0.1, 0.15) is 16.3 Å². The normalized spacial score (nSPS) is 11.6. The molecule has 3 N–H and O–H groups in total. The number of azo groups is 1. The first-order valence-corrected chi connectivity index (χ1v) is 10.5. The molecule has 0 spiro atoms. The molecule has 0 saturated heterocycles. The molecular weight excluding hydrogens is 419 g/mol. The number of fused-ring (bicyclic) bond motifs is 1. The summed E-state index contributed by atoms with van der Waals surface area (Å²) in [7, 11) is -4.45. The van der Waals surface area contributed by atoms with E-state index in [0.29, 0.717) is 16.5 Å². The van der Waals surface area contributed by atoms with Gasteiger partial charge in [0.05, 0.1) is 22.5 Å². The number of nitrogens with zero attached hydrogens (tertiary/aromatic N) is 3. The fourth-order valence-corrected chi connectivity index (χ4v) is 4.19. The maximum atomic E-state index is 11.8. The molecule has 29 heavy (non-hydrogen) atoms. The molecule has 0 bridgehead atoms. The Balaban J connectivity index is 0.00000240. The van der Waals surface area contributed by atoms with Crippen LogP contribution in [-0.4, -0.2) is 47.5 Å². The van der Waals surface area contributed by atoms with Crippen molar-refractivity contribution in [1.82, 2.24) is 4.98 Å². The molecule has 0 radical (unpaired) electrons. The van der Waals surface area contributed by atoms with Crippen molar-refractivity contribution >= 4 is 78.8 Å². The van der Waals surface area contributed by atoms with Gasteiger partial charge in [0.2, 0.25) is 0 Å². The zero-order chi connectivity index (χ0) is 19.7. The minimum atomic E-state index is -4.45. The summed E-state index contributed by atoms with van der Waals surface area (Å²) >= 11 is 1.59. The molecule has 142 valence electrons. The molecule has 4 aromatic rings. The third kappa shape index (κ3) is 4.55. The maximum absolute atomic E-state index is 11.8. The van der Waals surface area contributed by atoms with Gasteiger partial charge < -0.3 is 5.73 Å². The molecule has 0 atom stereocenters. The van der Waals surface area contributed by atoms with E-state index in [-0.39, 0.29) is 45.8 Å². The van der Waals surface area contributed by atoms with E-state index in [1.165, 1.54) is 6.07 Å². The Labute approximate surface area is 193 Å². The van der Waals surface area contributed by atoms with Crippen LogP contribution in [0, 0.1) is 0 Å². The van der Waals surface area contributed by atoms with E-state index in [2.05, 4.69) is 15.2 Å². The Morgan fingerprint density at radius 3 is 2.38 bits per heavy atom. The third-order valence-corrected chi connectivity index (χ3v) is 5.89. The number of thiophene rings is 1. The SMILES string of the molecule is Nc1c(N=Nc2ccc(-c3cccs3)nc2)cc(S(=O)(=O)O)c2ccccc12.[NaH]. The molecule has 2 heterocycles. The molecule has 0 amide bonds. The average Bonchev–Trinajstić information content (AvgIpc) is 3.22. The molecule has 10 heteroatoms. The molecule has 0 aliphatic carbocycles. The molecule has 0 aliphatic heterocycles. The summed E-state index contributed by atoms with van der Waals surface area (Å²) in [5, 5.41) is 10.9. The first kappa shape index (κ1) is 21.6. The van der Waals surface area contributed by atoms with Crippen molar-refractivity contribution in [2.75, 3.05) is 5.73 Å². The number of hydrogen-bond acceptors (Lipinski definition) is 7. The second-order valence-electron chi connectivity index (χ2n) is 5.91. The molecular formula is C19H15N4NaO3S2. The first-order valence-electron chi connectivity index (χ1n) is 8.14. The van der Waals surface area contributed by atoms with Crippen LogP contribution in [0.3, 0.4) is 0 Å². The van der Waals surface area contributed by atoms with E-state index in [1.54, 1.807) is 47.9 Å². The summed E-state index contributed by atoms with van der Waals surface area (Å²) in [4.78, 5) is 5.13. The Kier molecular flexibility index (Phi) is 6.47. The molecule has 0 aliphatic rings. The van der Waals surface area contributed by atoms with Crippen molar-refractivity contribution in [3.8, 4) is 10.6 Å². The fourth-order valence-electron chi connectivity index (χ4n) is 2.77. The summed E-state index contributed by atoms with van der Waals surface area (Å²) in [6.45, 7) is 0. The second-order valence-corrected chi connectivity index (χ2v) is 8.24. The second kappa shape index (κ2) is 8.70. The van der Waals surface area contributed by atoms with Gasteiger partial charge in [0.15, 0.2) is 0 Å². The van der Waals surface area contributed by atoms with E-state index < -0.39 is 10.1 Å². The monoisotopic (exact) mass is 434 g/mol. The third-order valence-electron chi connectivity index (χ3n) is 4.10. The summed E-state index contributed by atoms with van der Waals surface area (Å²) in [5.74, 6) is 0. The first-order chi connectivity index (χ1) is 13.4. The Bertz CT molecular complexity index is 1290. The predicted molar refractivity (Wildman–Crippen MR) is 117 cm³/mol. The number of hydrogen-bond donors (Lipinski definition) is 2. The van der Waals surface area contributed by atoms with Crippen LogP contribution in [-0.2, 0) is 10.1 Å². The minimum absolute atomic E-state index is 0. The van der Waals surface area contributed by atoms with E-state index >= 15 is 0 Å². The van der Waals surface area contributed by atoms with Crippen LogP contribution in [0.5, 0.6) is 0 Å². The van der Waals surface area contributed by atoms with Gasteiger partial charge in [-0.05, 0) is 29.6 Å². The summed E-state index contributed by atoms with van der Waals surface area (Å²) in [5.41, 5.74) is 7.87. The van der Waals surface area contributed by atoms with Crippen molar-refractivity contribution in [3.63, 3.8) is 0 Å². The molecule has 4 rings (SSSR count). The van der Waals surface area contributed by atoms with Crippen molar-refractivity contribution in [3.05, 3.63) is 66.2 Å².